The van der Waals surface area contributed by atoms with E-state index in [2.05, 4.69) is 34.7 Å². The molecule has 112 valence electrons. The van der Waals surface area contributed by atoms with Crippen LogP contribution in [-0.2, 0) is 6.42 Å². The summed E-state index contributed by atoms with van der Waals surface area (Å²) in [6.07, 6.45) is 0.958. The van der Waals surface area contributed by atoms with Crippen LogP contribution >= 0.6 is 11.3 Å². The predicted molar refractivity (Wildman–Crippen MR) is 84.4 cm³/mol. The Morgan fingerprint density at radius 1 is 1.29 bits per heavy atom. The van der Waals surface area contributed by atoms with E-state index in [-0.39, 0.29) is 6.04 Å². The molecule has 1 aliphatic rings. The molecule has 1 atom stereocenters. The normalized spacial score (nSPS) is 15.0. The number of aromatic nitrogens is 1. The van der Waals surface area contributed by atoms with Crippen LogP contribution in [0.4, 0.5) is 0 Å². The summed E-state index contributed by atoms with van der Waals surface area (Å²) in [5.74, 6) is 1.69. The van der Waals surface area contributed by atoms with E-state index in [1.165, 1.54) is 11.3 Å². The number of nitrogens with one attached hydrogen (secondary N) is 1. The number of hydrogen-bond donors (Lipinski definition) is 1. The van der Waals surface area contributed by atoms with Crippen molar-refractivity contribution in [2.24, 2.45) is 0 Å². The molecule has 21 heavy (non-hydrogen) atoms. The van der Waals surface area contributed by atoms with Gasteiger partial charge in [0, 0.05) is 24.4 Å². The molecule has 1 N–H and O–H groups in total. The molecule has 4 nitrogen and oxygen atoms in total. The van der Waals surface area contributed by atoms with Crippen molar-refractivity contribution >= 4 is 11.3 Å². The Balaban J connectivity index is 1.56. The Kier molecular flexibility index (Phi) is 4.41. The lowest BCUT2D eigenvalue weighted by Gasteiger charge is -2.21. The molecule has 0 fully saturated rings. The molecule has 1 aromatic carbocycles. The van der Waals surface area contributed by atoms with Gasteiger partial charge in [-0.3, -0.25) is 0 Å². The van der Waals surface area contributed by atoms with E-state index >= 15 is 0 Å². The van der Waals surface area contributed by atoms with Crippen molar-refractivity contribution in [1.29, 1.82) is 0 Å². The van der Waals surface area contributed by atoms with Crippen molar-refractivity contribution in [3.05, 3.63) is 39.8 Å². The van der Waals surface area contributed by atoms with Crippen LogP contribution in [0.25, 0.3) is 0 Å². The molecule has 0 bridgehead atoms. The molecule has 5 heteroatoms. The second kappa shape index (κ2) is 6.45. The third-order valence-corrected chi connectivity index (χ3v) is 4.39. The number of fused-ring (bicyclic) bond motifs is 1. The molecular weight excluding hydrogens is 284 g/mol. The highest BCUT2D eigenvalue weighted by Gasteiger charge is 2.14. The van der Waals surface area contributed by atoms with E-state index in [1.807, 2.05) is 13.0 Å². The monoisotopic (exact) mass is 304 g/mol. The maximum absolute atomic E-state index is 5.63. The molecule has 1 aliphatic heterocycles. The van der Waals surface area contributed by atoms with Gasteiger partial charge >= 0.3 is 0 Å². The number of hydrogen-bond acceptors (Lipinski definition) is 5. The number of thiazole rings is 1. The van der Waals surface area contributed by atoms with Gasteiger partial charge in [0.1, 0.15) is 13.2 Å². The second-order valence-corrected chi connectivity index (χ2v) is 6.25. The Hall–Kier alpha value is -1.59. The first-order chi connectivity index (χ1) is 10.2. The van der Waals surface area contributed by atoms with Gasteiger partial charge in [0.25, 0.3) is 0 Å². The van der Waals surface area contributed by atoms with Gasteiger partial charge in [0.05, 0.1) is 10.7 Å². The largest absolute Gasteiger partial charge is 0.486 e. The SMILES string of the molecule is Cc1nc(CCNC(C)c2ccc3c(c2)OCCO3)cs1. The minimum atomic E-state index is 0.278. The van der Waals surface area contributed by atoms with Gasteiger partial charge in [-0.15, -0.1) is 11.3 Å². The third kappa shape index (κ3) is 3.54. The van der Waals surface area contributed by atoms with E-state index in [9.17, 15) is 0 Å². The van der Waals surface area contributed by atoms with Crippen LogP contribution in [-0.4, -0.2) is 24.7 Å². The molecule has 0 spiro atoms. The van der Waals surface area contributed by atoms with Gasteiger partial charge in [-0.2, -0.15) is 0 Å². The highest BCUT2D eigenvalue weighted by Crippen LogP contribution is 2.32. The van der Waals surface area contributed by atoms with Crippen LogP contribution in [0.2, 0.25) is 0 Å². The van der Waals surface area contributed by atoms with Crippen molar-refractivity contribution in [3.63, 3.8) is 0 Å². The molecule has 0 radical (unpaired) electrons. The highest BCUT2D eigenvalue weighted by atomic mass is 32.1. The van der Waals surface area contributed by atoms with E-state index in [1.54, 1.807) is 11.3 Å². The average molecular weight is 304 g/mol. The molecule has 1 unspecified atom stereocenters. The van der Waals surface area contributed by atoms with Crippen LogP contribution in [0, 0.1) is 6.92 Å². The van der Waals surface area contributed by atoms with Gasteiger partial charge in [-0.25, -0.2) is 4.98 Å². The number of nitrogens with zero attached hydrogens (tertiary/aromatic N) is 1. The maximum Gasteiger partial charge on any atom is 0.161 e. The molecule has 0 saturated carbocycles. The first-order valence-electron chi connectivity index (χ1n) is 7.26. The number of ether oxygens (including phenoxy) is 2. The van der Waals surface area contributed by atoms with Crippen LogP contribution < -0.4 is 14.8 Å². The predicted octanol–water partition coefficient (Wildman–Crippen LogP) is 3.12. The molecule has 0 amide bonds. The fourth-order valence-corrected chi connectivity index (χ4v) is 3.03. The van der Waals surface area contributed by atoms with Gasteiger partial charge in [-0.1, -0.05) is 6.07 Å². The van der Waals surface area contributed by atoms with Crippen molar-refractivity contribution in [3.8, 4) is 11.5 Å². The fourth-order valence-electron chi connectivity index (χ4n) is 2.39. The van der Waals surface area contributed by atoms with Crippen LogP contribution in [0.1, 0.15) is 29.2 Å². The summed E-state index contributed by atoms with van der Waals surface area (Å²) in [5.41, 5.74) is 2.38. The smallest absolute Gasteiger partial charge is 0.161 e. The molecular formula is C16H20N2O2S. The summed E-state index contributed by atoms with van der Waals surface area (Å²) in [6.45, 7) is 6.38. The molecule has 0 aliphatic carbocycles. The minimum absolute atomic E-state index is 0.278. The lowest BCUT2D eigenvalue weighted by atomic mass is 10.1. The van der Waals surface area contributed by atoms with Crippen molar-refractivity contribution in [1.82, 2.24) is 10.3 Å². The van der Waals surface area contributed by atoms with Crippen LogP contribution in [0.15, 0.2) is 23.6 Å². The highest BCUT2D eigenvalue weighted by molar-refractivity contribution is 7.09. The zero-order valence-corrected chi connectivity index (χ0v) is 13.2. The molecule has 2 heterocycles. The zero-order chi connectivity index (χ0) is 14.7. The lowest BCUT2D eigenvalue weighted by Crippen LogP contribution is -2.22. The minimum Gasteiger partial charge on any atom is -0.486 e. The summed E-state index contributed by atoms with van der Waals surface area (Å²) in [5, 5.41) is 6.79. The number of aryl methyl sites for hydroxylation is 1. The number of benzene rings is 1. The van der Waals surface area contributed by atoms with Gasteiger partial charge in [0.2, 0.25) is 0 Å². The average Bonchev–Trinajstić information content (AvgIpc) is 2.92. The summed E-state index contributed by atoms with van der Waals surface area (Å²) >= 11 is 1.71. The first-order valence-corrected chi connectivity index (χ1v) is 8.14. The van der Waals surface area contributed by atoms with Crippen molar-refractivity contribution in [2.45, 2.75) is 26.3 Å². The van der Waals surface area contributed by atoms with E-state index < -0.39 is 0 Å². The van der Waals surface area contributed by atoms with Gasteiger partial charge < -0.3 is 14.8 Å². The molecule has 3 rings (SSSR count). The summed E-state index contributed by atoms with van der Waals surface area (Å²) in [4.78, 5) is 4.48. The first kappa shape index (κ1) is 14.4. The lowest BCUT2D eigenvalue weighted by molar-refractivity contribution is 0.171. The molecule has 1 aromatic heterocycles. The standard InChI is InChI=1S/C16H20N2O2S/c1-11(17-6-5-14-10-21-12(2)18-14)13-3-4-15-16(9-13)20-8-7-19-15/h3-4,9-11,17H,5-8H2,1-2H3. The summed E-state index contributed by atoms with van der Waals surface area (Å²) in [7, 11) is 0. The fraction of sp³-hybridized carbons (Fsp3) is 0.438. The Bertz CT molecular complexity index is 612. The Morgan fingerprint density at radius 2 is 2.10 bits per heavy atom. The van der Waals surface area contributed by atoms with Crippen LogP contribution in [0.3, 0.4) is 0 Å². The van der Waals surface area contributed by atoms with E-state index in [4.69, 9.17) is 9.47 Å². The summed E-state index contributed by atoms with van der Waals surface area (Å²) < 4.78 is 11.2. The maximum atomic E-state index is 5.63. The molecule has 2 aromatic rings. The van der Waals surface area contributed by atoms with Crippen LogP contribution in [0.5, 0.6) is 11.5 Å². The van der Waals surface area contributed by atoms with E-state index in [0.29, 0.717) is 13.2 Å². The Labute approximate surface area is 129 Å². The quantitative estimate of drug-likeness (QED) is 0.922. The van der Waals surface area contributed by atoms with E-state index in [0.717, 1.165) is 29.5 Å². The van der Waals surface area contributed by atoms with Gasteiger partial charge in [0.15, 0.2) is 11.5 Å². The summed E-state index contributed by atoms with van der Waals surface area (Å²) in [6, 6.07) is 6.43. The van der Waals surface area contributed by atoms with Gasteiger partial charge in [-0.05, 0) is 31.5 Å². The second-order valence-electron chi connectivity index (χ2n) is 5.19. The third-order valence-electron chi connectivity index (χ3n) is 3.56. The topological polar surface area (TPSA) is 43.4 Å². The molecule has 0 saturated heterocycles. The zero-order valence-electron chi connectivity index (χ0n) is 12.4. The number of rotatable bonds is 5. The van der Waals surface area contributed by atoms with Crippen molar-refractivity contribution in [2.75, 3.05) is 19.8 Å². The Morgan fingerprint density at radius 3 is 2.86 bits per heavy atom. The van der Waals surface area contributed by atoms with Crippen molar-refractivity contribution < 1.29 is 9.47 Å².